The minimum Gasteiger partial charge on any atom is -0.306 e. The Bertz CT molecular complexity index is 990. The van der Waals surface area contributed by atoms with Crippen molar-refractivity contribution in [2.24, 2.45) is 4.40 Å². The van der Waals surface area contributed by atoms with Gasteiger partial charge in [-0.1, -0.05) is 29.3 Å². The van der Waals surface area contributed by atoms with Crippen LogP contribution in [0.4, 0.5) is 0 Å². The van der Waals surface area contributed by atoms with E-state index in [4.69, 9.17) is 23.2 Å². The van der Waals surface area contributed by atoms with E-state index in [1.165, 1.54) is 0 Å². The zero-order valence-corrected chi connectivity index (χ0v) is 16.4. The summed E-state index contributed by atoms with van der Waals surface area (Å²) in [6.45, 7) is 5.65. The van der Waals surface area contributed by atoms with Crippen LogP contribution in [0.3, 0.4) is 0 Å². The maximum atomic E-state index is 12.3. The van der Waals surface area contributed by atoms with Crippen molar-refractivity contribution >= 4 is 46.0 Å². The van der Waals surface area contributed by atoms with Gasteiger partial charge < -0.3 is 4.40 Å². The van der Waals surface area contributed by atoms with Gasteiger partial charge in [0.2, 0.25) is 0 Å². The summed E-state index contributed by atoms with van der Waals surface area (Å²) in [5.74, 6) is 0. The second-order valence-electron chi connectivity index (χ2n) is 6.56. The number of aromatic nitrogens is 2. The Balaban J connectivity index is 2.16. The Morgan fingerprint density at radius 1 is 1.20 bits per heavy atom. The van der Waals surface area contributed by atoms with E-state index < -0.39 is 15.7 Å². The molecular formula is C18H17Cl2N3OS. The van der Waals surface area contributed by atoms with Crippen LogP contribution >= 0.6 is 23.2 Å². The molecular weight excluding hydrogens is 377 g/mol. The van der Waals surface area contributed by atoms with Crippen molar-refractivity contribution in [3.8, 4) is 11.1 Å². The molecule has 1 atom stereocenters. The minimum absolute atomic E-state index is 0.425. The largest absolute Gasteiger partial charge is 0.306 e. The Labute approximate surface area is 159 Å². The molecule has 0 N–H and O–H groups in total. The molecule has 0 amide bonds. The molecule has 1 unspecified atom stereocenters. The molecule has 7 heteroatoms. The highest BCUT2D eigenvalue weighted by atomic mass is 35.5. The lowest BCUT2D eigenvalue weighted by Crippen LogP contribution is -2.19. The fourth-order valence-electron chi connectivity index (χ4n) is 2.28. The van der Waals surface area contributed by atoms with E-state index in [9.17, 15) is 4.21 Å². The Kier molecular flexibility index (Phi) is 5.00. The molecule has 0 saturated carbocycles. The van der Waals surface area contributed by atoms with Crippen LogP contribution in [-0.2, 0) is 11.0 Å². The van der Waals surface area contributed by atoms with Gasteiger partial charge in [-0.05, 0) is 39.0 Å². The summed E-state index contributed by atoms with van der Waals surface area (Å²) >= 11 is 12.4. The van der Waals surface area contributed by atoms with Gasteiger partial charge in [-0.2, -0.15) is 4.40 Å². The van der Waals surface area contributed by atoms with Gasteiger partial charge in [-0.3, -0.25) is 0 Å². The van der Waals surface area contributed by atoms with E-state index >= 15 is 0 Å². The summed E-state index contributed by atoms with van der Waals surface area (Å²) in [5, 5.41) is 1.11. The summed E-state index contributed by atoms with van der Waals surface area (Å²) in [5.41, 5.74) is 3.25. The highest BCUT2D eigenvalue weighted by Crippen LogP contribution is 2.32. The molecule has 2 heterocycles. The Morgan fingerprint density at radius 2 is 1.96 bits per heavy atom. The summed E-state index contributed by atoms with van der Waals surface area (Å²) in [6, 6.07) is 7.24. The van der Waals surface area contributed by atoms with E-state index in [1.54, 1.807) is 24.5 Å². The molecule has 0 aliphatic rings. The SMILES string of the molecule is CC(C)(C)S(=O)N=Cc1cc2nccn2cc1-c1ccc(Cl)cc1Cl. The van der Waals surface area contributed by atoms with Crippen molar-refractivity contribution in [3.05, 3.63) is 58.5 Å². The summed E-state index contributed by atoms with van der Waals surface area (Å²) in [6.07, 6.45) is 7.13. The molecule has 0 radical (unpaired) electrons. The molecule has 0 saturated heterocycles. The fourth-order valence-corrected chi connectivity index (χ4v) is 3.31. The van der Waals surface area contributed by atoms with E-state index in [-0.39, 0.29) is 0 Å². The van der Waals surface area contributed by atoms with E-state index in [0.29, 0.717) is 10.0 Å². The Morgan fingerprint density at radius 3 is 2.64 bits per heavy atom. The highest BCUT2D eigenvalue weighted by molar-refractivity contribution is 7.85. The second kappa shape index (κ2) is 6.90. The zero-order chi connectivity index (χ0) is 18.2. The summed E-state index contributed by atoms with van der Waals surface area (Å²) in [7, 11) is -1.35. The normalized spacial score (nSPS) is 13.6. The van der Waals surface area contributed by atoms with E-state index in [2.05, 4.69) is 9.38 Å². The highest BCUT2D eigenvalue weighted by Gasteiger charge is 2.18. The van der Waals surface area contributed by atoms with Gasteiger partial charge >= 0.3 is 0 Å². The number of nitrogens with zero attached hydrogens (tertiary/aromatic N) is 3. The molecule has 0 aliphatic carbocycles. The molecule has 0 fully saturated rings. The van der Waals surface area contributed by atoms with Crippen LogP contribution in [0.2, 0.25) is 10.0 Å². The number of halogens is 2. The third-order valence-electron chi connectivity index (χ3n) is 3.60. The second-order valence-corrected chi connectivity index (χ2v) is 9.33. The molecule has 130 valence electrons. The molecule has 0 bridgehead atoms. The standard InChI is InChI=1S/C18H17Cl2N3OS/c1-18(2,3)25(24)22-10-12-8-17-21-6-7-23(17)11-15(12)14-5-4-13(19)9-16(14)20/h4-11H,1-3H3. The van der Waals surface area contributed by atoms with Gasteiger partial charge in [0.05, 0.1) is 4.75 Å². The zero-order valence-electron chi connectivity index (χ0n) is 14.0. The molecule has 2 aromatic heterocycles. The third kappa shape index (κ3) is 3.94. The van der Waals surface area contributed by atoms with Crippen LogP contribution in [-0.4, -0.2) is 24.6 Å². The first-order chi connectivity index (χ1) is 11.8. The molecule has 0 spiro atoms. The van der Waals surface area contributed by atoms with Crippen LogP contribution in [0.1, 0.15) is 26.3 Å². The maximum absolute atomic E-state index is 12.3. The van der Waals surface area contributed by atoms with Crippen molar-refractivity contribution in [2.75, 3.05) is 0 Å². The molecule has 4 nitrogen and oxygen atoms in total. The smallest absolute Gasteiger partial charge is 0.144 e. The van der Waals surface area contributed by atoms with Crippen molar-refractivity contribution in [1.29, 1.82) is 0 Å². The predicted octanol–water partition coefficient (Wildman–Crippen LogP) is 5.19. The molecule has 3 aromatic rings. The average Bonchev–Trinajstić information content (AvgIpc) is 2.98. The fraction of sp³-hybridized carbons (Fsp3) is 0.222. The van der Waals surface area contributed by atoms with Gasteiger partial charge in [0.25, 0.3) is 0 Å². The number of benzene rings is 1. The van der Waals surface area contributed by atoms with Crippen LogP contribution in [0.25, 0.3) is 16.8 Å². The number of hydrogen-bond acceptors (Lipinski definition) is 2. The van der Waals surface area contributed by atoms with Crippen molar-refractivity contribution in [2.45, 2.75) is 25.5 Å². The number of pyridine rings is 1. The van der Waals surface area contributed by atoms with Crippen molar-refractivity contribution < 1.29 is 4.21 Å². The molecule has 3 rings (SSSR count). The molecule has 25 heavy (non-hydrogen) atoms. The van der Waals surface area contributed by atoms with E-state index in [1.807, 2.05) is 49.7 Å². The number of fused-ring (bicyclic) bond motifs is 1. The summed E-state index contributed by atoms with van der Waals surface area (Å²) < 4.78 is 18.0. The van der Waals surface area contributed by atoms with Gasteiger partial charge in [-0.15, -0.1) is 0 Å². The molecule has 0 aliphatic heterocycles. The first-order valence-corrected chi connectivity index (χ1v) is 9.50. The monoisotopic (exact) mass is 393 g/mol. The number of imidazole rings is 1. The van der Waals surface area contributed by atoms with Crippen molar-refractivity contribution in [3.63, 3.8) is 0 Å². The van der Waals surface area contributed by atoms with Gasteiger partial charge in [0, 0.05) is 51.5 Å². The topological polar surface area (TPSA) is 46.7 Å². The maximum Gasteiger partial charge on any atom is 0.144 e. The van der Waals surface area contributed by atoms with Gasteiger partial charge in [0.1, 0.15) is 16.6 Å². The van der Waals surface area contributed by atoms with Crippen molar-refractivity contribution in [1.82, 2.24) is 9.38 Å². The van der Waals surface area contributed by atoms with Gasteiger partial charge in [-0.25, -0.2) is 9.19 Å². The quantitative estimate of drug-likeness (QED) is 0.574. The van der Waals surface area contributed by atoms with Crippen LogP contribution < -0.4 is 0 Å². The van der Waals surface area contributed by atoms with Crippen LogP contribution in [0.15, 0.2) is 47.3 Å². The third-order valence-corrected chi connectivity index (χ3v) is 5.49. The summed E-state index contributed by atoms with van der Waals surface area (Å²) in [4.78, 5) is 4.30. The lowest BCUT2D eigenvalue weighted by molar-refractivity contribution is 0.651. The lowest BCUT2D eigenvalue weighted by atomic mass is 10.0. The predicted molar refractivity (Wildman–Crippen MR) is 106 cm³/mol. The van der Waals surface area contributed by atoms with Gasteiger partial charge in [0.15, 0.2) is 0 Å². The average molecular weight is 394 g/mol. The first kappa shape index (κ1) is 18.1. The van der Waals surface area contributed by atoms with E-state index in [0.717, 1.165) is 22.3 Å². The number of hydrogen-bond donors (Lipinski definition) is 0. The first-order valence-electron chi connectivity index (χ1n) is 7.64. The minimum atomic E-state index is -1.35. The van der Waals surface area contributed by atoms with Crippen LogP contribution in [0.5, 0.6) is 0 Å². The number of rotatable bonds is 3. The Hall–Kier alpha value is -1.69. The lowest BCUT2D eigenvalue weighted by Gasteiger charge is -2.13. The molecule has 1 aromatic carbocycles. The van der Waals surface area contributed by atoms with Crippen LogP contribution in [0, 0.1) is 0 Å².